The molecule has 0 aliphatic carbocycles. The van der Waals surface area contributed by atoms with Gasteiger partial charge in [-0.1, -0.05) is 60.3 Å². The quantitative estimate of drug-likeness (QED) is 0.535. The lowest BCUT2D eigenvalue weighted by molar-refractivity contribution is -0.116. The van der Waals surface area contributed by atoms with Gasteiger partial charge in [0, 0.05) is 0 Å². The first kappa shape index (κ1) is 13.4. The molecule has 1 saturated heterocycles. The van der Waals surface area contributed by atoms with Crippen LogP contribution in [0.1, 0.15) is 5.56 Å². The lowest BCUT2D eigenvalue weighted by Crippen LogP contribution is -2.31. The molecule has 1 heterocycles. The highest BCUT2D eigenvalue weighted by atomic mass is 32.2. The zero-order valence-electron chi connectivity index (χ0n) is 11.7. The number of amides is 1. The average Bonchev–Trinajstić information content (AvgIpc) is 2.84. The van der Waals surface area contributed by atoms with E-state index in [0.29, 0.717) is 4.91 Å². The van der Waals surface area contributed by atoms with Crippen molar-refractivity contribution in [2.45, 2.75) is 5.50 Å². The minimum Gasteiger partial charge on any atom is -0.327 e. The van der Waals surface area contributed by atoms with Crippen molar-refractivity contribution in [3.8, 4) is 0 Å². The van der Waals surface area contributed by atoms with Gasteiger partial charge in [-0.3, -0.25) is 4.79 Å². The minimum absolute atomic E-state index is 0.102. The third-order valence-electron chi connectivity index (χ3n) is 3.84. The molecule has 0 saturated carbocycles. The molecule has 0 bridgehead atoms. The number of carbonyl (C=O) groups is 1. The van der Waals surface area contributed by atoms with Crippen LogP contribution in [0.15, 0.2) is 59.5 Å². The van der Waals surface area contributed by atoms with Gasteiger partial charge in [-0.25, -0.2) is 0 Å². The summed E-state index contributed by atoms with van der Waals surface area (Å²) in [5, 5.41) is 7.33. The number of benzene rings is 3. The van der Waals surface area contributed by atoms with Crippen LogP contribution in [0, 0.1) is 0 Å². The third-order valence-corrected chi connectivity index (χ3v) is 4.77. The molecule has 0 radical (unpaired) electrons. The average molecular weight is 306 g/mol. The molecule has 3 nitrogen and oxygen atoms in total. The largest absolute Gasteiger partial charge is 0.327 e. The van der Waals surface area contributed by atoms with Gasteiger partial charge in [0.2, 0.25) is 0 Å². The van der Waals surface area contributed by atoms with Crippen LogP contribution >= 0.6 is 11.8 Å². The van der Waals surface area contributed by atoms with Gasteiger partial charge < -0.3 is 11.1 Å². The summed E-state index contributed by atoms with van der Waals surface area (Å²) in [5.74, 6) is -0.102. The first-order valence-electron chi connectivity index (χ1n) is 7.08. The van der Waals surface area contributed by atoms with Gasteiger partial charge >= 0.3 is 0 Å². The lowest BCUT2D eigenvalue weighted by atomic mass is 9.96. The molecule has 4 heteroatoms. The molecule has 0 aromatic heterocycles. The van der Waals surface area contributed by atoms with Gasteiger partial charge in [0.25, 0.3) is 5.91 Å². The van der Waals surface area contributed by atoms with Crippen molar-refractivity contribution in [1.29, 1.82) is 0 Å². The SMILES string of the molecule is NC1NC(=O)/C(=C/c2c3ccccc3cc3ccccc23)S1. The molecule has 3 aromatic carbocycles. The Morgan fingerprint density at radius 1 is 1.00 bits per heavy atom. The number of fused-ring (bicyclic) bond motifs is 2. The Labute approximate surface area is 132 Å². The number of thioether (sulfide) groups is 1. The molecule has 1 atom stereocenters. The molecule has 1 aliphatic heterocycles. The van der Waals surface area contributed by atoms with Crippen LogP contribution in [0.4, 0.5) is 0 Å². The van der Waals surface area contributed by atoms with Crippen LogP contribution in [0.2, 0.25) is 0 Å². The highest BCUT2D eigenvalue weighted by molar-refractivity contribution is 8.05. The van der Waals surface area contributed by atoms with Crippen LogP contribution in [0.25, 0.3) is 27.6 Å². The fraction of sp³-hybridized carbons (Fsp3) is 0.0556. The topological polar surface area (TPSA) is 55.1 Å². The van der Waals surface area contributed by atoms with E-state index in [0.717, 1.165) is 16.3 Å². The predicted molar refractivity (Wildman–Crippen MR) is 93.1 cm³/mol. The molecule has 0 spiro atoms. The summed E-state index contributed by atoms with van der Waals surface area (Å²) in [5.41, 5.74) is 6.49. The summed E-state index contributed by atoms with van der Waals surface area (Å²) >= 11 is 1.36. The number of rotatable bonds is 1. The fourth-order valence-corrected chi connectivity index (χ4v) is 3.65. The fourth-order valence-electron chi connectivity index (χ4n) is 2.86. The summed E-state index contributed by atoms with van der Waals surface area (Å²) in [6.07, 6.45) is 1.96. The van der Waals surface area contributed by atoms with Crippen LogP contribution < -0.4 is 11.1 Å². The number of carbonyl (C=O) groups excluding carboxylic acids is 1. The first-order chi connectivity index (χ1) is 10.7. The minimum atomic E-state index is -0.361. The van der Waals surface area contributed by atoms with E-state index in [-0.39, 0.29) is 11.4 Å². The Hall–Kier alpha value is -2.30. The number of hydrogen-bond acceptors (Lipinski definition) is 3. The van der Waals surface area contributed by atoms with Crippen molar-refractivity contribution in [2.75, 3.05) is 0 Å². The zero-order valence-corrected chi connectivity index (χ0v) is 12.6. The molecule has 1 fully saturated rings. The van der Waals surface area contributed by atoms with E-state index in [1.54, 1.807) is 0 Å². The maximum Gasteiger partial charge on any atom is 0.259 e. The second-order valence-electron chi connectivity index (χ2n) is 5.25. The third kappa shape index (κ3) is 2.17. The monoisotopic (exact) mass is 306 g/mol. The Morgan fingerprint density at radius 2 is 1.59 bits per heavy atom. The molecule has 1 amide bonds. The van der Waals surface area contributed by atoms with E-state index >= 15 is 0 Å². The van der Waals surface area contributed by atoms with Crippen LogP contribution in [0.3, 0.4) is 0 Å². The van der Waals surface area contributed by atoms with E-state index < -0.39 is 0 Å². The van der Waals surface area contributed by atoms with Crippen molar-refractivity contribution in [2.24, 2.45) is 5.73 Å². The van der Waals surface area contributed by atoms with Gasteiger partial charge in [-0.05, 0) is 39.3 Å². The summed E-state index contributed by atoms with van der Waals surface area (Å²) in [7, 11) is 0. The molecular weight excluding hydrogens is 292 g/mol. The molecule has 1 aliphatic rings. The Kier molecular flexibility index (Phi) is 3.13. The van der Waals surface area contributed by atoms with E-state index in [1.807, 2.05) is 30.3 Å². The normalized spacial score (nSPS) is 20.0. The Bertz CT molecular complexity index is 879. The molecular formula is C18H14N2OS. The van der Waals surface area contributed by atoms with Crippen LogP contribution in [-0.4, -0.2) is 11.4 Å². The summed E-state index contributed by atoms with van der Waals surface area (Å²) in [6.45, 7) is 0. The molecule has 4 rings (SSSR count). The van der Waals surface area contributed by atoms with E-state index in [2.05, 4.69) is 35.6 Å². The van der Waals surface area contributed by atoms with Crippen LogP contribution in [0.5, 0.6) is 0 Å². The van der Waals surface area contributed by atoms with Crippen molar-refractivity contribution >= 4 is 45.3 Å². The van der Waals surface area contributed by atoms with E-state index in [4.69, 9.17) is 5.73 Å². The Morgan fingerprint density at radius 3 is 2.14 bits per heavy atom. The van der Waals surface area contributed by atoms with E-state index in [1.165, 1.54) is 22.5 Å². The van der Waals surface area contributed by atoms with Crippen molar-refractivity contribution in [1.82, 2.24) is 5.32 Å². The molecule has 22 heavy (non-hydrogen) atoms. The summed E-state index contributed by atoms with van der Waals surface area (Å²) in [4.78, 5) is 12.6. The summed E-state index contributed by atoms with van der Waals surface area (Å²) < 4.78 is 0. The highest BCUT2D eigenvalue weighted by Gasteiger charge is 2.24. The maximum absolute atomic E-state index is 12.0. The first-order valence-corrected chi connectivity index (χ1v) is 7.96. The predicted octanol–water partition coefficient (Wildman–Crippen LogP) is 3.44. The number of hydrogen-bond donors (Lipinski definition) is 2. The van der Waals surface area contributed by atoms with Crippen LogP contribution in [-0.2, 0) is 4.79 Å². The van der Waals surface area contributed by atoms with Gasteiger partial charge in [0.15, 0.2) is 0 Å². The van der Waals surface area contributed by atoms with Crippen molar-refractivity contribution < 1.29 is 4.79 Å². The molecule has 108 valence electrons. The van der Waals surface area contributed by atoms with Gasteiger partial charge in [-0.2, -0.15) is 0 Å². The molecule has 3 aromatic rings. The second-order valence-corrected chi connectivity index (χ2v) is 6.44. The maximum atomic E-state index is 12.0. The number of nitrogens with two attached hydrogens (primary N) is 1. The van der Waals surface area contributed by atoms with Crippen molar-refractivity contribution in [3.63, 3.8) is 0 Å². The smallest absolute Gasteiger partial charge is 0.259 e. The van der Waals surface area contributed by atoms with Gasteiger partial charge in [-0.15, -0.1) is 0 Å². The highest BCUT2D eigenvalue weighted by Crippen LogP contribution is 2.33. The van der Waals surface area contributed by atoms with E-state index in [9.17, 15) is 4.79 Å². The summed E-state index contributed by atoms with van der Waals surface area (Å²) in [6, 6.07) is 18.6. The zero-order chi connectivity index (χ0) is 15.1. The molecule has 1 unspecified atom stereocenters. The molecule has 3 N–H and O–H groups in total. The lowest BCUT2D eigenvalue weighted by Gasteiger charge is -2.08. The van der Waals surface area contributed by atoms with Gasteiger partial charge in [0.05, 0.1) is 4.91 Å². The Balaban J connectivity index is 2.05. The van der Waals surface area contributed by atoms with Crippen molar-refractivity contribution in [3.05, 3.63) is 65.1 Å². The second kappa shape index (κ2) is 5.16. The van der Waals surface area contributed by atoms with Gasteiger partial charge in [0.1, 0.15) is 5.50 Å². The standard InChI is InChI=1S/C18H14N2OS/c19-18-20-17(21)16(22-18)10-15-13-7-3-1-5-11(13)9-12-6-2-4-8-14(12)15/h1-10,18H,19H2,(H,20,21)/b16-10-. The number of nitrogens with one attached hydrogen (secondary N) is 1.